The molecule has 4 heteroatoms. The summed E-state index contributed by atoms with van der Waals surface area (Å²) in [5, 5.41) is 8.24. The normalized spacial score (nSPS) is 10.6. The van der Waals surface area contributed by atoms with Crippen molar-refractivity contribution in [2.45, 2.75) is 20.3 Å². The molecule has 0 atom stereocenters. The number of allylic oxidation sites excluding steroid dienone is 1. The van der Waals surface area contributed by atoms with Crippen molar-refractivity contribution in [3.63, 3.8) is 0 Å². The maximum absolute atomic E-state index is 11.3. The third kappa shape index (κ3) is 3.19. The fourth-order valence-corrected chi connectivity index (χ4v) is 0.563. The highest BCUT2D eigenvalue weighted by Gasteiger charge is 2.27. The van der Waals surface area contributed by atoms with E-state index in [0.717, 1.165) is 0 Å². The molecule has 0 unspecified atom stereocenters. The molecule has 0 saturated carbocycles. The van der Waals surface area contributed by atoms with E-state index in [0.29, 0.717) is 0 Å². The molecule has 0 aliphatic rings. The summed E-state index contributed by atoms with van der Waals surface area (Å²) in [5.74, 6) is -3.09. The predicted octanol–water partition coefficient (Wildman–Crippen LogP) is 0.811. The van der Waals surface area contributed by atoms with E-state index in [-0.39, 0.29) is 0 Å². The molecular formula is C9H12O4. The molecule has 0 rings (SSSR count). The van der Waals surface area contributed by atoms with Crippen LogP contribution in [0.4, 0.5) is 0 Å². The molecule has 4 nitrogen and oxygen atoms in total. The number of carbonyl (C=O) groups is 3. The number of Topliss-reactive ketones (excluding diaryl/α,β-unsaturated/α-hetero) is 2. The number of carboxylic acid groups (broad SMARTS) is 1. The Hall–Kier alpha value is -1.45. The number of aliphatic carboxylic acids is 1. The van der Waals surface area contributed by atoms with E-state index in [1.165, 1.54) is 6.08 Å². The molecule has 0 bridgehead atoms. The lowest BCUT2D eigenvalue weighted by molar-refractivity contribution is -0.150. The Morgan fingerprint density at radius 2 is 1.85 bits per heavy atom. The van der Waals surface area contributed by atoms with E-state index < -0.39 is 29.4 Å². The van der Waals surface area contributed by atoms with Crippen LogP contribution < -0.4 is 0 Å². The maximum Gasteiger partial charge on any atom is 0.372 e. The van der Waals surface area contributed by atoms with E-state index in [1.807, 2.05) is 0 Å². The quantitative estimate of drug-likeness (QED) is 0.390. The second-order valence-corrected chi connectivity index (χ2v) is 3.25. The molecule has 0 heterocycles. The number of carboxylic acids is 1. The molecule has 0 spiro atoms. The van der Waals surface area contributed by atoms with Gasteiger partial charge in [0, 0.05) is 5.41 Å². The third-order valence-corrected chi connectivity index (χ3v) is 1.79. The average Bonchev–Trinajstić information content (AvgIpc) is 2.04. The van der Waals surface area contributed by atoms with E-state index in [1.54, 1.807) is 13.8 Å². The molecule has 0 fully saturated rings. The molecule has 0 saturated heterocycles. The highest BCUT2D eigenvalue weighted by Crippen LogP contribution is 2.19. The topological polar surface area (TPSA) is 71.4 Å². The van der Waals surface area contributed by atoms with Crippen LogP contribution in [0.15, 0.2) is 12.7 Å². The van der Waals surface area contributed by atoms with Crippen LogP contribution in [-0.4, -0.2) is 22.6 Å². The van der Waals surface area contributed by atoms with Crippen LogP contribution in [0.1, 0.15) is 20.3 Å². The fourth-order valence-electron chi connectivity index (χ4n) is 0.563. The average molecular weight is 184 g/mol. The molecule has 0 aliphatic heterocycles. The Labute approximate surface area is 76.2 Å². The molecular weight excluding hydrogens is 172 g/mol. The second-order valence-electron chi connectivity index (χ2n) is 3.25. The maximum atomic E-state index is 11.3. The molecule has 72 valence electrons. The minimum atomic E-state index is -1.58. The second kappa shape index (κ2) is 3.98. The van der Waals surface area contributed by atoms with Gasteiger partial charge in [-0.25, -0.2) is 4.79 Å². The molecule has 0 aromatic carbocycles. The smallest absolute Gasteiger partial charge is 0.372 e. The van der Waals surface area contributed by atoms with Gasteiger partial charge < -0.3 is 5.11 Å². The standard InChI is InChI=1S/C9H12O4/c1-4-9(2,3)7(11)5-6(10)8(12)13/h4H,1,5H2,2-3H3,(H,12,13). The van der Waals surface area contributed by atoms with E-state index >= 15 is 0 Å². The fraction of sp³-hybridized carbons (Fsp3) is 0.444. The first-order valence-corrected chi connectivity index (χ1v) is 3.74. The summed E-state index contributed by atoms with van der Waals surface area (Å²) < 4.78 is 0. The number of hydrogen-bond donors (Lipinski definition) is 1. The molecule has 13 heavy (non-hydrogen) atoms. The van der Waals surface area contributed by atoms with Gasteiger partial charge in [0.2, 0.25) is 5.78 Å². The van der Waals surface area contributed by atoms with Crippen LogP contribution in [0.5, 0.6) is 0 Å². The van der Waals surface area contributed by atoms with Crippen LogP contribution in [0.25, 0.3) is 0 Å². The number of ketones is 2. The van der Waals surface area contributed by atoms with Crippen molar-refractivity contribution < 1.29 is 19.5 Å². The zero-order chi connectivity index (χ0) is 10.6. The van der Waals surface area contributed by atoms with Gasteiger partial charge in [-0.2, -0.15) is 0 Å². The van der Waals surface area contributed by atoms with Crippen LogP contribution in [-0.2, 0) is 14.4 Å². The van der Waals surface area contributed by atoms with Crippen molar-refractivity contribution in [1.29, 1.82) is 0 Å². The summed E-state index contributed by atoms with van der Waals surface area (Å²) in [6.07, 6.45) is 0.818. The Kier molecular flexibility index (Phi) is 3.54. The minimum absolute atomic E-state index is 0.435. The van der Waals surface area contributed by atoms with E-state index in [4.69, 9.17) is 5.11 Å². The molecule has 0 aromatic rings. The number of rotatable bonds is 5. The lowest BCUT2D eigenvalue weighted by Crippen LogP contribution is -2.27. The molecule has 0 radical (unpaired) electrons. The first-order valence-electron chi connectivity index (χ1n) is 3.74. The van der Waals surface area contributed by atoms with Crippen molar-refractivity contribution >= 4 is 17.5 Å². The highest BCUT2D eigenvalue weighted by atomic mass is 16.4. The van der Waals surface area contributed by atoms with Crippen molar-refractivity contribution in [3.8, 4) is 0 Å². The van der Waals surface area contributed by atoms with Gasteiger partial charge >= 0.3 is 5.97 Å². The minimum Gasteiger partial charge on any atom is -0.475 e. The Morgan fingerprint density at radius 1 is 1.38 bits per heavy atom. The van der Waals surface area contributed by atoms with Crippen LogP contribution >= 0.6 is 0 Å². The van der Waals surface area contributed by atoms with Gasteiger partial charge in [-0.05, 0) is 13.8 Å². The summed E-state index contributed by atoms with van der Waals surface area (Å²) in [5.41, 5.74) is -0.842. The zero-order valence-corrected chi connectivity index (χ0v) is 7.66. The molecule has 0 aromatic heterocycles. The third-order valence-electron chi connectivity index (χ3n) is 1.79. The van der Waals surface area contributed by atoms with Crippen LogP contribution in [0, 0.1) is 5.41 Å². The van der Waals surface area contributed by atoms with Crippen LogP contribution in [0.2, 0.25) is 0 Å². The van der Waals surface area contributed by atoms with Gasteiger partial charge in [-0.15, -0.1) is 6.58 Å². The monoisotopic (exact) mass is 184 g/mol. The van der Waals surface area contributed by atoms with Gasteiger partial charge in [0.25, 0.3) is 0 Å². The molecule has 0 amide bonds. The molecule has 0 aliphatic carbocycles. The van der Waals surface area contributed by atoms with Crippen molar-refractivity contribution in [2.24, 2.45) is 5.41 Å². The first-order chi connectivity index (χ1) is 5.81. The summed E-state index contributed by atoms with van der Waals surface area (Å²) >= 11 is 0. The van der Waals surface area contributed by atoms with Gasteiger partial charge in [0.15, 0.2) is 0 Å². The van der Waals surface area contributed by atoms with Crippen LogP contribution in [0.3, 0.4) is 0 Å². The Morgan fingerprint density at radius 3 is 2.15 bits per heavy atom. The Bertz CT molecular complexity index is 263. The van der Waals surface area contributed by atoms with Crippen molar-refractivity contribution in [3.05, 3.63) is 12.7 Å². The molecule has 1 N–H and O–H groups in total. The van der Waals surface area contributed by atoms with E-state index in [9.17, 15) is 14.4 Å². The van der Waals surface area contributed by atoms with E-state index in [2.05, 4.69) is 6.58 Å². The number of carbonyl (C=O) groups excluding carboxylic acids is 2. The SMILES string of the molecule is C=CC(C)(C)C(=O)CC(=O)C(=O)O. The summed E-state index contributed by atoms with van der Waals surface area (Å²) in [7, 11) is 0. The van der Waals surface area contributed by atoms with Gasteiger partial charge in [0.1, 0.15) is 5.78 Å². The summed E-state index contributed by atoms with van der Waals surface area (Å²) in [6, 6.07) is 0. The lowest BCUT2D eigenvalue weighted by atomic mass is 9.86. The zero-order valence-electron chi connectivity index (χ0n) is 7.66. The Balaban J connectivity index is 4.41. The lowest BCUT2D eigenvalue weighted by Gasteiger charge is -2.16. The van der Waals surface area contributed by atoms with Gasteiger partial charge in [-0.3, -0.25) is 9.59 Å². The number of hydrogen-bond acceptors (Lipinski definition) is 3. The first kappa shape index (κ1) is 11.6. The largest absolute Gasteiger partial charge is 0.475 e. The van der Waals surface area contributed by atoms with Gasteiger partial charge in [0.05, 0.1) is 6.42 Å². The highest BCUT2D eigenvalue weighted by molar-refractivity contribution is 6.36. The summed E-state index contributed by atoms with van der Waals surface area (Å²) in [4.78, 5) is 32.0. The van der Waals surface area contributed by atoms with Crippen molar-refractivity contribution in [2.75, 3.05) is 0 Å². The van der Waals surface area contributed by atoms with Gasteiger partial charge in [-0.1, -0.05) is 6.08 Å². The summed E-state index contributed by atoms with van der Waals surface area (Å²) in [6.45, 7) is 6.59. The van der Waals surface area contributed by atoms with Crippen molar-refractivity contribution in [1.82, 2.24) is 0 Å². The predicted molar refractivity (Wildman–Crippen MR) is 46.2 cm³/mol.